The highest BCUT2D eigenvalue weighted by Crippen LogP contribution is 2.38. The van der Waals surface area contributed by atoms with E-state index < -0.39 is 0 Å². The molecule has 3 nitrogen and oxygen atoms in total. The minimum Gasteiger partial charge on any atom is -0.493 e. The predicted molar refractivity (Wildman–Crippen MR) is 83.7 cm³/mol. The Kier molecular flexibility index (Phi) is 4.41. The fourth-order valence-electron chi connectivity index (χ4n) is 2.80. The first-order valence-electron chi connectivity index (χ1n) is 7.45. The van der Waals surface area contributed by atoms with Crippen LogP contribution in [-0.2, 0) is 6.61 Å². The third kappa shape index (κ3) is 3.19. The zero-order valence-electron chi connectivity index (χ0n) is 12.3. The molecule has 1 atom stereocenters. The number of benzene rings is 2. The van der Waals surface area contributed by atoms with Crippen molar-refractivity contribution < 1.29 is 9.47 Å². The summed E-state index contributed by atoms with van der Waals surface area (Å²) in [4.78, 5) is 0. The van der Waals surface area contributed by atoms with Crippen LogP contribution in [0.2, 0.25) is 0 Å². The first-order valence-corrected chi connectivity index (χ1v) is 7.45. The second-order valence-electron chi connectivity index (χ2n) is 5.30. The zero-order chi connectivity index (χ0) is 14.5. The van der Waals surface area contributed by atoms with Gasteiger partial charge in [-0.15, -0.1) is 0 Å². The van der Waals surface area contributed by atoms with Crippen LogP contribution in [0.25, 0.3) is 0 Å². The van der Waals surface area contributed by atoms with E-state index in [0.717, 1.165) is 30.0 Å². The molecule has 21 heavy (non-hydrogen) atoms. The molecule has 1 aliphatic heterocycles. The third-order valence-electron chi connectivity index (χ3n) is 3.89. The van der Waals surface area contributed by atoms with Crippen molar-refractivity contribution >= 4 is 0 Å². The van der Waals surface area contributed by atoms with E-state index in [2.05, 4.69) is 23.5 Å². The Morgan fingerprint density at radius 2 is 1.95 bits per heavy atom. The summed E-state index contributed by atoms with van der Waals surface area (Å²) in [6.07, 6.45) is 2.36. The molecule has 2 aromatic rings. The van der Waals surface area contributed by atoms with Crippen molar-refractivity contribution in [3.8, 4) is 11.5 Å². The molecule has 0 bridgehead atoms. The van der Waals surface area contributed by atoms with E-state index >= 15 is 0 Å². The van der Waals surface area contributed by atoms with E-state index in [4.69, 9.17) is 9.47 Å². The van der Waals surface area contributed by atoms with Crippen LogP contribution >= 0.6 is 0 Å². The van der Waals surface area contributed by atoms with Gasteiger partial charge in [0, 0.05) is 11.6 Å². The SMILES string of the molecule is COc1cccc(C2CCCN2)c1OCc1ccccc1. The minimum atomic E-state index is 0.367. The van der Waals surface area contributed by atoms with Crippen LogP contribution < -0.4 is 14.8 Å². The topological polar surface area (TPSA) is 30.5 Å². The summed E-state index contributed by atoms with van der Waals surface area (Å²) in [5.41, 5.74) is 2.36. The number of hydrogen-bond donors (Lipinski definition) is 1. The van der Waals surface area contributed by atoms with E-state index in [0.29, 0.717) is 12.6 Å². The van der Waals surface area contributed by atoms with E-state index in [1.54, 1.807) is 7.11 Å². The summed E-state index contributed by atoms with van der Waals surface area (Å²) < 4.78 is 11.6. The van der Waals surface area contributed by atoms with Gasteiger partial charge < -0.3 is 14.8 Å². The minimum absolute atomic E-state index is 0.367. The average Bonchev–Trinajstić information content (AvgIpc) is 3.08. The van der Waals surface area contributed by atoms with Gasteiger partial charge in [-0.25, -0.2) is 0 Å². The third-order valence-corrected chi connectivity index (χ3v) is 3.89. The van der Waals surface area contributed by atoms with E-state index in [1.807, 2.05) is 30.3 Å². The van der Waals surface area contributed by atoms with Crippen molar-refractivity contribution in [2.24, 2.45) is 0 Å². The molecule has 1 aliphatic rings. The summed E-state index contributed by atoms with van der Waals surface area (Å²) in [6.45, 7) is 1.63. The molecule has 3 rings (SSSR count). The molecule has 1 fully saturated rings. The van der Waals surface area contributed by atoms with Gasteiger partial charge in [0.05, 0.1) is 7.11 Å². The van der Waals surface area contributed by atoms with E-state index in [1.165, 1.54) is 12.0 Å². The number of para-hydroxylation sites is 1. The van der Waals surface area contributed by atoms with Gasteiger partial charge in [0.1, 0.15) is 6.61 Å². The van der Waals surface area contributed by atoms with Crippen molar-refractivity contribution in [2.75, 3.05) is 13.7 Å². The van der Waals surface area contributed by atoms with Crippen molar-refractivity contribution in [3.05, 3.63) is 59.7 Å². The van der Waals surface area contributed by atoms with E-state index in [9.17, 15) is 0 Å². The van der Waals surface area contributed by atoms with Crippen LogP contribution in [0.5, 0.6) is 11.5 Å². The van der Waals surface area contributed by atoms with Crippen LogP contribution in [0.4, 0.5) is 0 Å². The van der Waals surface area contributed by atoms with Crippen LogP contribution in [0.1, 0.15) is 30.0 Å². The highest BCUT2D eigenvalue weighted by atomic mass is 16.5. The molecule has 110 valence electrons. The molecule has 1 saturated heterocycles. The molecular formula is C18H21NO2. The van der Waals surface area contributed by atoms with Gasteiger partial charge in [-0.05, 0) is 31.0 Å². The number of nitrogens with one attached hydrogen (secondary N) is 1. The van der Waals surface area contributed by atoms with Crippen molar-refractivity contribution in [3.63, 3.8) is 0 Å². The molecule has 1 unspecified atom stereocenters. The highest BCUT2D eigenvalue weighted by molar-refractivity contribution is 5.48. The Balaban J connectivity index is 1.84. The molecule has 0 amide bonds. The second kappa shape index (κ2) is 6.64. The Hall–Kier alpha value is -2.00. The average molecular weight is 283 g/mol. The van der Waals surface area contributed by atoms with Gasteiger partial charge >= 0.3 is 0 Å². The zero-order valence-corrected chi connectivity index (χ0v) is 12.3. The fourth-order valence-corrected chi connectivity index (χ4v) is 2.80. The molecule has 0 aromatic heterocycles. The molecule has 1 heterocycles. The number of rotatable bonds is 5. The van der Waals surface area contributed by atoms with Gasteiger partial charge in [0.25, 0.3) is 0 Å². The lowest BCUT2D eigenvalue weighted by Gasteiger charge is -2.19. The number of hydrogen-bond acceptors (Lipinski definition) is 3. The quantitative estimate of drug-likeness (QED) is 0.907. The molecule has 0 saturated carbocycles. The first-order chi connectivity index (χ1) is 10.4. The second-order valence-corrected chi connectivity index (χ2v) is 5.30. The van der Waals surface area contributed by atoms with Gasteiger partial charge in [-0.2, -0.15) is 0 Å². The number of methoxy groups -OCH3 is 1. The Bertz CT molecular complexity index is 577. The molecule has 1 N–H and O–H groups in total. The normalized spacial score (nSPS) is 17.7. The molecule has 2 aromatic carbocycles. The predicted octanol–water partition coefficient (Wildman–Crippen LogP) is 3.70. The Morgan fingerprint density at radius 1 is 1.10 bits per heavy atom. The van der Waals surface area contributed by atoms with Crippen LogP contribution in [0, 0.1) is 0 Å². The monoisotopic (exact) mass is 283 g/mol. The molecular weight excluding hydrogens is 262 g/mol. The van der Waals surface area contributed by atoms with Crippen molar-refractivity contribution in [2.45, 2.75) is 25.5 Å². The summed E-state index contributed by atoms with van der Waals surface area (Å²) in [5.74, 6) is 1.67. The van der Waals surface area contributed by atoms with Crippen molar-refractivity contribution in [1.29, 1.82) is 0 Å². The van der Waals surface area contributed by atoms with Crippen molar-refractivity contribution in [1.82, 2.24) is 5.32 Å². The lowest BCUT2D eigenvalue weighted by Crippen LogP contribution is -2.14. The van der Waals surface area contributed by atoms with Gasteiger partial charge in [-0.1, -0.05) is 42.5 Å². The molecule has 0 radical (unpaired) electrons. The van der Waals surface area contributed by atoms with Crippen LogP contribution in [0.3, 0.4) is 0 Å². The largest absolute Gasteiger partial charge is 0.493 e. The smallest absolute Gasteiger partial charge is 0.166 e. The molecule has 0 spiro atoms. The first kappa shape index (κ1) is 14.0. The molecule has 3 heteroatoms. The summed E-state index contributed by atoms with van der Waals surface area (Å²) in [5, 5.41) is 3.53. The van der Waals surface area contributed by atoms with Crippen LogP contribution in [0.15, 0.2) is 48.5 Å². The lowest BCUT2D eigenvalue weighted by atomic mass is 10.0. The summed E-state index contributed by atoms with van der Waals surface area (Å²) >= 11 is 0. The van der Waals surface area contributed by atoms with Crippen LogP contribution in [-0.4, -0.2) is 13.7 Å². The van der Waals surface area contributed by atoms with Gasteiger partial charge in [0.15, 0.2) is 11.5 Å². The molecule has 0 aliphatic carbocycles. The van der Waals surface area contributed by atoms with E-state index in [-0.39, 0.29) is 0 Å². The highest BCUT2D eigenvalue weighted by Gasteiger charge is 2.22. The summed E-state index contributed by atoms with van der Waals surface area (Å²) in [7, 11) is 1.69. The van der Waals surface area contributed by atoms with Gasteiger partial charge in [0.2, 0.25) is 0 Å². The lowest BCUT2D eigenvalue weighted by molar-refractivity contribution is 0.279. The Morgan fingerprint density at radius 3 is 2.67 bits per heavy atom. The maximum atomic E-state index is 6.09. The fraction of sp³-hybridized carbons (Fsp3) is 0.333. The maximum Gasteiger partial charge on any atom is 0.166 e. The van der Waals surface area contributed by atoms with Gasteiger partial charge in [-0.3, -0.25) is 0 Å². The number of ether oxygens (including phenoxy) is 2. The maximum absolute atomic E-state index is 6.09. The standard InChI is InChI=1S/C18H21NO2/c1-20-17-11-5-9-15(16-10-6-12-19-16)18(17)21-13-14-7-3-2-4-8-14/h2-5,7-9,11,16,19H,6,10,12-13H2,1H3. The summed E-state index contributed by atoms with van der Waals surface area (Å²) in [6, 6.07) is 16.7. The Labute approximate surface area is 125 Å².